The van der Waals surface area contributed by atoms with Gasteiger partial charge in [0.1, 0.15) is 11.6 Å². The molecule has 1 aliphatic rings. The van der Waals surface area contributed by atoms with Crippen LogP contribution in [0, 0.1) is 0 Å². The number of likely N-dealkylation sites (N-methyl/N-ethyl adjacent to an activating group) is 1. The Labute approximate surface area is 239 Å². The maximum Gasteiger partial charge on any atom is 0.416 e. The van der Waals surface area contributed by atoms with Crippen LogP contribution in [0.5, 0.6) is 5.75 Å². The standard InChI is InChI=1S/C30H31F6N3O3/c1-28(2,18-12-19(29(31,32)33)14-20(13-18)30(34,35)36)27(41)38(3)24-16-37-26(39-11-7-8-21(39)17-40)15-23(24)22-9-5-6-10-25(22)42-4/h5-6,9-10,12-16,21,40H,7-8,11,17H2,1-4H3/t21-/m0/s1. The van der Waals surface area contributed by atoms with Gasteiger partial charge in [0.2, 0.25) is 5.91 Å². The lowest BCUT2D eigenvalue weighted by atomic mass is 9.81. The van der Waals surface area contributed by atoms with Crippen LogP contribution in [0.25, 0.3) is 11.1 Å². The van der Waals surface area contributed by atoms with E-state index in [-0.39, 0.29) is 24.4 Å². The smallest absolute Gasteiger partial charge is 0.416 e. The number of benzene rings is 2. The fraction of sp³-hybridized carbons (Fsp3) is 0.400. The van der Waals surface area contributed by atoms with Gasteiger partial charge in [-0.1, -0.05) is 18.2 Å². The van der Waals surface area contributed by atoms with E-state index >= 15 is 0 Å². The number of halogens is 6. The lowest BCUT2D eigenvalue weighted by Crippen LogP contribution is -2.42. The molecule has 0 unspecified atom stereocenters. The summed E-state index contributed by atoms with van der Waals surface area (Å²) in [5.74, 6) is 0.267. The highest BCUT2D eigenvalue weighted by Crippen LogP contribution is 2.42. The van der Waals surface area contributed by atoms with Crippen LogP contribution < -0.4 is 14.5 Å². The molecule has 6 nitrogen and oxygen atoms in total. The van der Waals surface area contributed by atoms with Crippen molar-refractivity contribution in [3.63, 3.8) is 0 Å². The molecule has 1 N–H and O–H groups in total. The molecule has 0 spiro atoms. The molecule has 1 amide bonds. The molecule has 226 valence electrons. The molecule has 0 aliphatic carbocycles. The van der Waals surface area contributed by atoms with Crippen LogP contribution in [0.4, 0.5) is 37.8 Å². The number of alkyl halides is 6. The summed E-state index contributed by atoms with van der Waals surface area (Å²) in [6.07, 6.45) is -7.06. The van der Waals surface area contributed by atoms with Crippen LogP contribution in [0.2, 0.25) is 0 Å². The summed E-state index contributed by atoms with van der Waals surface area (Å²) in [6.45, 7) is 3.14. The van der Waals surface area contributed by atoms with E-state index in [0.29, 0.717) is 41.4 Å². The molecular formula is C30H31F6N3O3. The van der Waals surface area contributed by atoms with Crippen molar-refractivity contribution in [2.24, 2.45) is 0 Å². The topological polar surface area (TPSA) is 65.9 Å². The van der Waals surface area contributed by atoms with Crippen LogP contribution in [0.3, 0.4) is 0 Å². The van der Waals surface area contributed by atoms with Crippen LogP contribution in [-0.4, -0.2) is 49.3 Å². The number of aromatic nitrogens is 1. The number of carbonyl (C=O) groups excluding carboxylic acids is 1. The van der Waals surface area contributed by atoms with Crippen molar-refractivity contribution in [2.45, 2.75) is 50.5 Å². The van der Waals surface area contributed by atoms with E-state index in [2.05, 4.69) is 4.98 Å². The third-order valence-electron chi connectivity index (χ3n) is 7.66. The molecule has 2 aromatic carbocycles. The monoisotopic (exact) mass is 595 g/mol. The predicted molar refractivity (Wildman–Crippen MR) is 147 cm³/mol. The SMILES string of the molecule is COc1ccccc1-c1cc(N2CCC[C@H]2CO)ncc1N(C)C(=O)C(C)(C)c1cc(C(F)(F)F)cc(C(F)(F)F)c1. The number of hydrogen-bond acceptors (Lipinski definition) is 5. The van der Waals surface area contributed by atoms with Gasteiger partial charge in [0.05, 0.1) is 48.2 Å². The van der Waals surface area contributed by atoms with Crippen molar-refractivity contribution in [3.05, 3.63) is 71.4 Å². The second-order valence-corrected chi connectivity index (χ2v) is 10.7. The van der Waals surface area contributed by atoms with Gasteiger partial charge < -0.3 is 19.6 Å². The summed E-state index contributed by atoms with van der Waals surface area (Å²) in [7, 11) is 2.87. The van der Waals surface area contributed by atoms with Gasteiger partial charge in [-0.2, -0.15) is 26.3 Å². The van der Waals surface area contributed by atoms with E-state index in [0.717, 1.165) is 12.8 Å². The Hall–Kier alpha value is -3.80. The molecule has 1 aliphatic heterocycles. The molecule has 1 aromatic heterocycles. The van der Waals surface area contributed by atoms with Gasteiger partial charge in [0.25, 0.3) is 0 Å². The van der Waals surface area contributed by atoms with Crippen molar-refractivity contribution < 1.29 is 41.0 Å². The second-order valence-electron chi connectivity index (χ2n) is 10.7. The number of rotatable bonds is 7. The van der Waals surface area contributed by atoms with E-state index < -0.39 is 40.4 Å². The fourth-order valence-electron chi connectivity index (χ4n) is 5.24. The Kier molecular flexibility index (Phi) is 8.50. The summed E-state index contributed by atoms with van der Waals surface area (Å²) in [4.78, 5) is 21.6. The normalized spacial score (nSPS) is 16.1. The molecule has 1 saturated heterocycles. The quantitative estimate of drug-likeness (QED) is 0.308. The zero-order valence-corrected chi connectivity index (χ0v) is 23.5. The first-order valence-electron chi connectivity index (χ1n) is 13.2. The van der Waals surface area contributed by atoms with Gasteiger partial charge in [0.15, 0.2) is 0 Å². The minimum Gasteiger partial charge on any atom is -0.496 e. The minimum absolute atomic E-state index is 0.0359. The highest BCUT2D eigenvalue weighted by Gasteiger charge is 2.41. The third kappa shape index (κ3) is 6.04. The average molecular weight is 596 g/mol. The van der Waals surface area contributed by atoms with Gasteiger partial charge in [0, 0.05) is 24.7 Å². The van der Waals surface area contributed by atoms with Crippen molar-refractivity contribution in [1.82, 2.24) is 4.98 Å². The van der Waals surface area contributed by atoms with Gasteiger partial charge in [-0.05, 0) is 62.6 Å². The number of nitrogens with zero attached hydrogens (tertiary/aromatic N) is 3. The molecule has 0 bridgehead atoms. The van der Waals surface area contributed by atoms with Crippen LogP contribution in [0.1, 0.15) is 43.4 Å². The Morgan fingerprint density at radius 2 is 1.60 bits per heavy atom. The number of aliphatic hydroxyl groups excluding tert-OH is 1. The number of anilines is 2. The summed E-state index contributed by atoms with van der Waals surface area (Å²) < 4.78 is 87.0. The second kappa shape index (κ2) is 11.5. The summed E-state index contributed by atoms with van der Waals surface area (Å²) in [6, 6.07) is 9.79. The summed E-state index contributed by atoms with van der Waals surface area (Å²) in [5.41, 5.74) is -3.87. The first-order chi connectivity index (χ1) is 19.6. The van der Waals surface area contributed by atoms with Crippen LogP contribution in [-0.2, 0) is 22.6 Å². The lowest BCUT2D eigenvalue weighted by molar-refractivity contribution is -0.143. The van der Waals surface area contributed by atoms with Crippen molar-refractivity contribution in [3.8, 4) is 16.9 Å². The molecule has 1 atom stereocenters. The first kappa shape index (κ1) is 31.1. The maximum atomic E-state index is 13.9. The number of pyridine rings is 1. The van der Waals surface area contributed by atoms with Gasteiger partial charge >= 0.3 is 12.4 Å². The lowest BCUT2D eigenvalue weighted by Gasteiger charge is -2.32. The number of methoxy groups -OCH3 is 1. The fourth-order valence-corrected chi connectivity index (χ4v) is 5.24. The molecule has 2 heterocycles. The first-order valence-corrected chi connectivity index (χ1v) is 13.2. The van der Waals surface area contributed by atoms with Crippen LogP contribution >= 0.6 is 0 Å². The predicted octanol–water partition coefficient (Wildman–Crippen LogP) is 6.70. The molecule has 42 heavy (non-hydrogen) atoms. The number of hydrogen-bond donors (Lipinski definition) is 1. The number of carbonyl (C=O) groups is 1. The van der Waals surface area contributed by atoms with Gasteiger partial charge in [-0.3, -0.25) is 4.79 Å². The van der Waals surface area contributed by atoms with Gasteiger partial charge in [-0.25, -0.2) is 4.98 Å². The number of aliphatic hydroxyl groups is 1. The highest BCUT2D eigenvalue weighted by atomic mass is 19.4. The van der Waals surface area contributed by atoms with Crippen molar-refractivity contribution in [1.29, 1.82) is 0 Å². The third-order valence-corrected chi connectivity index (χ3v) is 7.66. The Bertz CT molecular complexity index is 1420. The summed E-state index contributed by atoms with van der Waals surface area (Å²) in [5, 5.41) is 9.84. The molecule has 0 radical (unpaired) electrons. The molecule has 4 rings (SSSR count). The van der Waals surface area contributed by atoms with Crippen molar-refractivity contribution >= 4 is 17.4 Å². The Morgan fingerprint density at radius 3 is 2.17 bits per heavy atom. The number of para-hydroxylation sites is 1. The van der Waals surface area contributed by atoms with E-state index in [1.165, 1.54) is 39.1 Å². The molecule has 1 fully saturated rings. The van der Waals surface area contributed by atoms with Gasteiger partial charge in [-0.15, -0.1) is 0 Å². The number of amides is 1. The van der Waals surface area contributed by atoms with Crippen molar-refractivity contribution in [2.75, 3.05) is 37.1 Å². The molecule has 0 saturated carbocycles. The average Bonchev–Trinajstić information content (AvgIpc) is 3.44. The molecule has 3 aromatic rings. The van der Waals surface area contributed by atoms with E-state index in [1.807, 2.05) is 4.90 Å². The zero-order valence-electron chi connectivity index (χ0n) is 23.5. The zero-order chi connectivity index (χ0) is 31.0. The van der Waals surface area contributed by atoms with E-state index in [9.17, 15) is 36.2 Å². The number of ether oxygens (including phenoxy) is 1. The van der Waals surface area contributed by atoms with Crippen LogP contribution in [0.15, 0.2) is 54.7 Å². The Morgan fingerprint density at radius 1 is 1.00 bits per heavy atom. The largest absolute Gasteiger partial charge is 0.496 e. The molecule has 12 heteroatoms. The van der Waals surface area contributed by atoms with E-state index in [1.54, 1.807) is 30.3 Å². The minimum atomic E-state index is -5.06. The maximum absolute atomic E-state index is 13.9. The van der Waals surface area contributed by atoms with E-state index in [4.69, 9.17) is 4.74 Å². The molecular weight excluding hydrogens is 564 g/mol. The Balaban J connectivity index is 1.83. The summed E-state index contributed by atoms with van der Waals surface area (Å²) >= 11 is 0. The highest BCUT2D eigenvalue weighted by molar-refractivity contribution is 6.03.